The lowest BCUT2D eigenvalue weighted by Crippen LogP contribution is -2.48. The molecule has 2 fully saturated rings. The maximum absolute atomic E-state index is 13.0. The first kappa shape index (κ1) is 23.7. The Morgan fingerprint density at radius 2 is 1.89 bits per heavy atom. The molecule has 1 saturated carbocycles. The number of rotatable bonds is 4. The molecule has 1 amide bonds. The molecule has 2 aliphatic rings. The number of hydrogen-bond donors (Lipinski definition) is 2. The van der Waals surface area contributed by atoms with Gasteiger partial charge in [-0.05, 0) is 74.1 Å². The Kier molecular flexibility index (Phi) is 6.12. The van der Waals surface area contributed by atoms with Gasteiger partial charge in [0.1, 0.15) is 11.2 Å². The van der Waals surface area contributed by atoms with E-state index in [9.17, 15) is 4.79 Å². The van der Waals surface area contributed by atoms with Gasteiger partial charge in [0.05, 0.1) is 5.69 Å². The number of H-pyrrole nitrogens is 1. The molecular weight excluding hydrogens is 468 g/mol. The molecule has 2 N–H and O–H groups in total. The van der Waals surface area contributed by atoms with E-state index in [1.54, 1.807) is 6.33 Å². The highest BCUT2D eigenvalue weighted by Crippen LogP contribution is 2.47. The highest BCUT2D eigenvalue weighted by Gasteiger charge is 2.33. The van der Waals surface area contributed by atoms with Crippen molar-refractivity contribution >= 4 is 33.1 Å². The molecule has 0 aromatic carbocycles. The number of carbonyl (C=O) groups is 1. The molecule has 4 aromatic rings. The van der Waals surface area contributed by atoms with Crippen molar-refractivity contribution in [1.82, 2.24) is 29.8 Å². The summed E-state index contributed by atoms with van der Waals surface area (Å²) in [6.45, 7) is 12.5. The summed E-state index contributed by atoms with van der Waals surface area (Å²) in [5.74, 6) is 1.54. The Labute approximate surface area is 216 Å². The molecule has 0 radical (unpaired) electrons. The quantitative estimate of drug-likeness (QED) is 0.391. The third-order valence-corrected chi connectivity index (χ3v) is 9.63. The van der Waals surface area contributed by atoms with Crippen molar-refractivity contribution < 1.29 is 4.79 Å². The van der Waals surface area contributed by atoms with E-state index in [0.717, 1.165) is 68.6 Å². The van der Waals surface area contributed by atoms with Gasteiger partial charge >= 0.3 is 0 Å². The molecule has 36 heavy (non-hydrogen) atoms. The average Bonchev–Trinajstić information content (AvgIpc) is 3.59. The van der Waals surface area contributed by atoms with Crippen LogP contribution in [0.4, 0.5) is 0 Å². The minimum absolute atomic E-state index is 0.206. The standard InChI is InChI=1S/C28H36N6OS/c1-16(2)22-23-18(4)25(19-5-7-20(8-6-19)28(35)33-11-9-29-10-12-33)36-27(23)32-24(22)21-13-17(3)26-30-15-31-34(26)14-21/h13-16,19-20,29,32H,5-12H2,1-4H3/t19-,20-. The third kappa shape index (κ3) is 3.95. The van der Waals surface area contributed by atoms with E-state index < -0.39 is 0 Å². The van der Waals surface area contributed by atoms with Gasteiger partial charge in [-0.1, -0.05) is 13.8 Å². The Morgan fingerprint density at radius 3 is 2.61 bits per heavy atom. The summed E-state index contributed by atoms with van der Waals surface area (Å²) in [4.78, 5) is 26.1. The van der Waals surface area contributed by atoms with Gasteiger partial charge in [0, 0.05) is 54.1 Å². The van der Waals surface area contributed by atoms with Crippen molar-refractivity contribution in [2.45, 2.75) is 65.2 Å². The van der Waals surface area contributed by atoms with Crippen LogP contribution in [-0.2, 0) is 4.79 Å². The second kappa shape index (κ2) is 9.30. The average molecular weight is 505 g/mol. The maximum atomic E-state index is 13.0. The van der Waals surface area contributed by atoms with E-state index in [2.05, 4.69) is 65.2 Å². The molecule has 1 aliphatic carbocycles. The van der Waals surface area contributed by atoms with Gasteiger partial charge in [-0.25, -0.2) is 9.50 Å². The smallest absolute Gasteiger partial charge is 0.225 e. The summed E-state index contributed by atoms with van der Waals surface area (Å²) in [5, 5.41) is 9.14. The third-order valence-electron chi connectivity index (χ3n) is 8.26. The number of aryl methyl sites for hydroxylation is 2. The molecule has 0 atom stereocenters. The van der Waals surface area contributed by atoms with Crippen molar-refractivity contribution in [3.8, 4) is 11.3 Å². The maximum Gasteiger partial charge on any atom is 0.225 e. The first-order valence-corrected chi connectivity index (χ1v) is 14.2. The van der Waals surface area contributed by atoms with Crippen molar-refractivity contribution in [2.75, 3.05) is 26.2 Å². The fraction of sp³-hybridized carbons (Fsp3) is 0.536. The summed E-state index contributed by atoms with van der Waals surface area (Å²) < 4.78 is 1.88. The van der Waals surface area contributed by atoms with Crippen LogP contribution in [0.2, 0.25) is 0 Å². The molecule has 0 unspecified atom stereocenters. The number of aromatic nitrogens is 4. The molecule has 5 heterocycles. The van der Waals surface area contributed by atoms with E-state index in [4.69, 9.17) is 0 Å². The van der Waals surface area contributed by atoms with Crippen LogP contribution in [0.5, 0.6) is 0 Å². The Hall–Kier alpha value is -2.71. The summed E-state index contributed by atoms with van der Waals surface area (Å²) in [7, 11) is 0. The minimum atomic E-state index is 0.206. The second-order valence-corrected chi connectivity index (χ2v) is 12.0. The number of aromatic amines is 1. The first-order valence-electron chi connectivity index (χ1n) is 13.4. The summed E-state index contributed by atoms with van der Waals surface area (Å²) in [6.07, 6.45) is 7.95. The van der Waals surface area contributed by atoms with Crippen molar-refractivity contribution in [3.05, 3.63) is 40.2 Å². The molecule has 190 valence electrons. The number of piperazine rings is 1. The van der Waals surface area contributed by atoms with Crippen LogP contribution in [0.3, 0.4) is 0 Å². The number of carbonyl (C=O) groups excluding carboxylic acids is 1. The lowest BCUT2D eigenvalue weighted by molar-refractivity contribution is -0.137. The zero-order valence-electron chi connectivity index (χ0n) is 21.7. The lowest BCUT2D eigenvalue weighted by Gasteiger charge is -2.34. The molecular formula is C28H36N6OS. The number of amides is 1. The van der Waals surface area contributed by atoms with E-state index >= 15 is 0 Å². The largest absolute Gasteiger partial charge is 0.346 e. The van der Waals surface area contributed by atoms with Crippen LogP contribution in [0, 0.1) is 19.8 Å². The number of fused-ring (bicyclic) bond motifs is 2. The van der Waals surface area contributed by atoms with Crippen LogP contribution >= 0.6 is 11.3 Å². The molecule has 7 nitrogen and oxygen atoms in total. The normalized spacial score (nSPS) is 21.2. The van der Waals surface area contributed by atoms with E-state index in [1.165, 1.54) is 31.9 Å². The Balaban J connectivity index is 1.28. The molecule has 1 saturated heterocycles. The van der Waals surface area contributed by atoms with E-state index in [1.807, 2.05) is 15.9 Å². The van der Waals surface area contributed by atoms with Crippen molar-refractivity contribution in [1.29, 1.82) is 0 Å². The monoisotopic (exact) mass is 504 g/mol. The fourth-order valence-corrected chi connectivity index (χ4v) is 7.82. The molecule has 4 aromatic heterocycles. The summed E-state index contributed by atoms with van der Waals surface area (Å²) >= 11 is 1.93. The highest BCUT2D eigenvalue weighted by atomic mass is 32.1. The van der Waals surface area contributed by atoms with Crippen LogP contribution in [-0.4, -0.2) is 56.6 Å². The predicted octanol–water partition coefficient (Wildman–Crippen LogP) is 5.38. The van der Waals surface area contributed by atoms with Gasteiger partial charge in [0.25, 0.3) is 0 Å². The topological polar surface area (TPSA) is 78.3 Å². The van der Waals surface area contributed by atoms with Gasteiger partial charge in [0.2, 0.25) is 5.91 Å². The second-order valence-electron chi connectivity index (χ2n) is 10.9. The lowest BCUT2D eigenvalue weighted by atomic mass is 9.79. The van der Waals surface area contributed by atoms with Crippen LogP contribution < -0.4 is 5.32 Å². The van der Waals surface area contributed by atoms with Gasteiger partial charge in [-0.3, -0.25) is 4.79 Å². The molecule has 8 heteroatoms. The van der Waals surface area contributed by atoms with Crippen LogP contribution in [0.15, 0.2) is 18.6 Å². The van der Waals surface area contributed by atoms with Crippen LogP contribution in [0.25, 0.3) is 27.1 Å². The van der Waals surface area contributed by atoms with Gasteiger partial charge in [0.15, 0.2) is 5.65 Å². The molecule has 1 aliphatic heterocycles. The number of nitrogens with one attached hydrogen (secondary N) is 2. The zero-order chi connectivity index (χ0) is 25.0. The van der Waals surface area contributed by atoms with E-state index in [-0.39, 0.29) is 5.92 Å². The Bertz CT molecular complexity index is 1410. The Morgan fingerprint density at radius 1 is 1.14 bits per heavy atom. The van der Waals surface area contributed by atoms with Gasteiger partial charge in [-0.15, -0.1) is 11.3 Å². The number of hydrogen-bond acceptors (Lipinski definition) is 5. The van der Waals surface area contributed by atoms with Crippen molar-refractivity contribution in [3.63, 3.8) is 0 Å². The van der Waals surface area contributed by atoms with Gasteiger partial charge < -0.3 is 15.2 Å². The first-order chi connectivity index (χ1) is 17.4. The fourth-order valence-electron chi connectivity index (χ4n) is 6.42. The number of nitrogens with zero attached hydrogens (tertiary/aromatic N) is 4. The van der Waals surface area contributed by atoms with Crippen molar-refractivity contribution in [2.24, 2.45) is 5.92 Å². The highest BCUT2D eigenvalue weighted by molar-refractivity contribution is 7.19. The SMILES string of the molecule is Cc1cc(-c2[nH]c3sc([C@H]4CC[C@H](C(=O)N5CCNCC5)CC4)c(C)c3c2C(C)C)cn2ncnc12. The van der Waals surface area contributed by atoms with Crippen LogP contribution in [0.1, 0.15) is 72.9 Å². The molecule has 0 bridgehead atoms. The number of thiophene rings is 1. The molecule has 6 rings (SSSR count). The minimum Gasteiger partial charge on any atom is -0.346 e. The van der Waals surface area contributed by atoms with Gasteiger partial charge in [-0.2, -0.15) is 5.10 Å². The number of pyridine rings is 1. The summed E-state index contributed by atoms with van der Waals surface area (Å²) in [6, 6.07) is 2.22. The molecule has 0 spiro atoms. The summed E-state index contributed by atoms with van der Waals surface area (Å²) in [5.41, 5.74) is 7.21. The van der Waals surface area contributed by atoms with E-state index in [0.29, 0.717) is 17.7 Å². The zero-order valence-corrected chi connectivity index (χ0v) is 22.5. The predicted molar refractivity (Wildman–Crippen MR) is 146 cm³/mol.